The number of thiophene rings is 1. The fraction of sp³-hybridized carbons (Fsp3) is 0.267. The van der Waals surface area contributed by atoms with Gasteiger partial charge in [-0.3, -0.25) is 4.57 Å². The Morgan fingerprint density at radius 1 is 1.40 bits per heavy atom. The second kappa shape index (κ2) is 5.46. The van der Waals surface area contributed by atoms with Gasteiger partial charge in [-0.25, -0.2) is 4.98 Å². The van der Waals surface area contributed by atoms with Crippen LogP contribution in [0, 0.1) is 0 Å². The third-order valence-corrected chi connectivity index (χ3v) is 3.96. The van der Waals surface area contributed by atoms with Crippen molar-refractivity contribution in [1.82, 2.24) is 9.55 Å². The molecule has 0 aliphatic rings. The van der Waals surface area contributed by atoms with Crippen LogP contribution in [0.5, 0.6) is 5.75 Å². The summed E-state index contributed by atoms with van der Waals surface area (Å²) in [6.45, 7) is 4.53. The van der Waals surface area contributed by atoms with Gasteiger partial charge in [0, 0.05) is 5.38 Å². The molecular weight excluding hydrogens is 292 g/mol. The SMILES string of the molecule is CCOc1cccc2c1nc(C(C)Cl)n2-c1ccsc1. The molecule has 2 heterocycles. The highest BCUT2D eigenvalue weighted by Gasteiger charge is 2.18. The third-order valence-electron chi connectivity index (χ3n) is 3.09. The maximum Gasteiger partial charge on any atom is 0.147 e. The van der Waals surface area contributed by atoms with Crippen LogP contribution in [0.3, 0.4) is 0 Å². The van der Waals surface area contributed by atoms with E-state index in [1.54, 1.807) is 11.3 Å². The predicted molar refractivity (Wildman–Crippen MR) is 84.4 cm³/mol. The summed E-state index contributed by atoms with van der Waals surface area (Å²) >= 11 is 7.96. The molecule has 20 heavy (non-hydrogen) atoms. The average Bonchev–Trinajstić information content (AvgIpc) is 3.05. The van der Waals surface area contributed by atoms with Gasteiger partial charge in [0.15, 0.2) is 0 Å². The molecular formula is C15H15ClN2OS. The Labute approximate surface area is 126 Å². The van der Waals surface area contributed by atoms with E-state index in [4.69, 9.17) is 21.3 Å². The van der Waals surface area contributed by atoms with Crippen LogP contribution in [0.4, 0.5) is 0 Å². The van der Waals surface area contributed by atoms with Crippen molar-refractivity contribution in [1.29, 1.82) is 0 Å². The van der Waals surface area contributed by atoms with Crippen molar-refractivity contribution in [2.75, 3.05) is 6.61 Å². The first-order valence-electron chi connectivity index (χ1n) is 6.53. The zero-order valence-electron chi connectivity index (χ0n) is 11.3. The molecule has 0 radical (unpaired) electrons. The van der Waals surface area contributed by atoms with E-state index >= 15 is 0 Å². The molecule has 0 N–H and O–H groups in total. The Morgan fingerprint density at radius 2 is 2.25 bits per heavy atom. The number of ether oxygens (including phenoxy) is 1. The highest BCUT2D eigenvalue weighted by Crippen LogP contribution is 2.33. The molecule has 0 aliphatic carbocycles. The Kier molecular flexibility index (Phi) is 3.68. The summed E-state index contributed by atoms with van der Waals surface area (Å²) in [4.78, 5) is 4.70. The minimum absolute atomic E-state index is 0.170. The van der Waals surface area contributed by atoms with Crippen molar-refractivity contribution in [3.05, 3.63) is 40.8 Å². The first kappa shape index (κ1) is 13.5. The van der Waals surface area contributed by atoms with E-state index in [-0.39, 0.29) is 5.38 Å². The van der Waals surface area contributed by atoms with Gasteiger partial charge >= 0.3 is 0 Å². The Bertz CT molecular complexity index is 719. The number of rotatable bonds is 4. The fourth-order valence-electron chi connectivity index (χ4n) is 2.29. The topological polar surface area (TPSA) is 27.1 Å². The number of aromatic nitrogens is 2. The van der Waals surface area contributed by atoms with Crippen molar-refractivity contribution in [2.45, 2.75) is 19.2 Å². The Hall–Kier alpha value is -1.52. The highest BCUT2D eigenvalue weighted by atomic mass is 35.5. The molecule has 1 aromatic carbocycles. The maximum atomic E-state index is 6.31. The average molecular weight is 307 g/mol. The lowest BCUT2D eigenvalue weighted by molar-refractivity contribution is 0.343. The number of benzene rings is 1. The molecule has 0 amide bonds. The molecule has 104 valence electrons. The van der Waals surface area contributed by atoms with E-state index < -0.39 is 0 Å². The smallest absolute Gasteiger partial charge is 0.147 e. The number of fused-ring (bicyclic) bond motifs is 1. The lowest BCUT2D eigenvalue weighted by atomic mass is 10.3. The number of hydrogen-bond donors (Lipinski definition) is 0. The molecule has 0 spiro atoms. The zero-order chi connectivity index (χ0) is 14.1. The zero-order valence-corrected chi connectivity index (χ0v) is 12.9. The second-order valence-corrected chi connectivity index (χ2v) is 5.89. The van der Waals surface area contributed by atoms with Gasteiger partial charge in [-0.1, -0.05) is 6.07 Å². The summed E-state index contributed by atoms with van der Waals surface area (Å²) in [5.41, 5.74) is 2.98. The number of hydrogen-bond acceptors (Lipinski definition) is 3. The normalized spacial score (nSPS) is 12.8. The van der Waals surface area contributed by atoms with E-state index in [1.807, 2.05) is 32.0 Å². The van der Waals surface area contributed by atoms with Crippen LogP contribution >= 0.6 is 22.9 Å². The van der Waals surface area contributed by atoms with Crippen LogP contribution in [0.1, 0.15) is 25.0 Å². The van der Waals surface area contributed by atoms with Crippen LogP contribution < -0.4 is 4.74 Å². The monoisotopic (exact) mass is 306 g/mol. The van der Waals surface area contributed by atoms with E-state index in [0.717, 1.165) is 28.3 Å². The number of alkyl halides is 1. The second-order valence-electron chi connectivity index (χ2n) is 4.46. The molecule has 3 nitrogen and oxygen atoms in total. The van der Waals surface area contributed by atoms with Gasteiger partial charge in [0.25, 0.3) is 0 Å². The summed E-state index contributed by atoms with van der Waals surface area (Å²) in [5.74, 6) is 1.64. The van der Waals surface area contributed by atoms with Crippen LogP contribution in [-0.4, -0.2) is 16.2 Å². The Morgan fingerprint density at radius 3 is 2.90 bits per heavy atom. The number of para-hydroxylation sites is 1. The molecule has 3 aromatic rings. The van der Waals surface area contributed by atoms with Crippen molar-refractivity contribution in [2.24, 2.45) is 0 Å². The predicted octanol–water partition coefficient (Wildman–Crippen LogP) is 4.79. The summed E-state index contributed by atoms with van der Waals surface area (Å²) < 4.78 is 7.77. The van der Waals surface area contributed by atoms with Gasteiger partial charge in [-0.15, -0.1) is 11.6 Å². The van der Waals surface area contributed by atoms with Crippen LogP contribution in [0.2, 0.25) is 0 Å². The van der Waals surface area contributed by atoms with Gasteiger partial charge in [-0.2, -0.15) is 11.3 Å². The van der Waals surface area contributed by atoms with E-state index in [0.29, 0.717) is 6.61 Å². The first-order valence-corrected chi connectivity index (χ1v) is 7.91. The number of imidazole rings is 1. The fourth-order valence-corrected chi connectivity index (χ4v) is 3.05. The molecule has 0 saturated heterocycles. The molecule has 3 rings (SSSR count). The lowest BCUT2D eigenvalue weighted by Crippen LogP contribution is -2.00. The van der Waals surface area contributed by atoms with Crippen molar-refractivity contribution in [3.63, 3.8) is 0 Å². The van der Waals surface area contributed by atoms with E-state index in [9.17, 15) is 0 Å². The molecule has 2 aromatic heterocycles. The third kappa shape index (κ3) is 2.19. The molecule has 5 heteroatoms. The van der Waals surface area contributed by atoms with Crippen molar-refractivity contribution < 1.29 is 4.74 Å². The van der Waals surface area contributed by atoms with E-state index in [2.05, 4.69) is 21.4 Å². The highest BCUT2D eigenvalue weighted by molar-refractivity contribution is 7.08. The van der Waals surface area contributed by atoms with Crippen LogP contribution in [0.25, 0.3) is 16.7 Å². The molecule has 1 atom stereocenters. The lowest BCUT2D eigenvalue weighted by Gasteiger charge is -2.08. The number of halogens is 1. The molecule has 0 fully saturated rings. The molecule has 0 saturated carbocycles. The van der Waals surface area contributed by atoms with E-state index in [1.165, 1.54) is 0 Å². The standard InChI is InChI=1S/C15H15ClN2OS/c1-3-19-13-6-4-5-12-14(13)17-15(10(2)16)18(12)11-7-8-20-9-11/h4-10H,3H2,1-2H3. The summed E-state index contributed by atoms with van der Waals surface area (Å²) in [5, 5.41) is 3.98. The van der Waals surface area contributed by atoms with Gasteiger partial charge in [0.1, 0.15) is 17.1 Å². The molecule has 1 unspecified atom stereocenters. The summed E-state index contributed by atoms with van der Waals surface area (Å²) in [6, 6.07) is 8.05. The van der Waals surface area contributed by atoms with Gasteiger partial charge in [-0.05, 0) is 37.4 Å². The number of nitrogens with zero attached hydrogens (tertiary/aromatic N) is 2. The molecule has 0 bridgehead atoms. The largest absolute Gasteiger partial charge is 0.492 e. The van der Waals surface area contributed by atoms with Crippen molar-refractivity contribution in [3.8, 4) is 11.4 Å². The quantitative estimate of drug-likeness (QED) is 0.648. The first-order chi connectivity index (χ1) is 9.72. The van der Waals surface area contributed by atoms with Crippen LogP contribution in [0.15, 0.2) is 35.0 Å². The Balaban J connectivity index is 2.31. The van der Waals surface area contributed by atoms with Gasteiger partial charge < -0.3 is 4.74 Å². The minimum Gasteiger partial charge on any atom is -0.492 e. The minimum atomic E-state index is -0.170. The van der Waals surface area contributed by atoms with Gasteiger partial charge in [0.05, 0.1) is 23.2 Å². The molecule has 0 aliphatic heterocycles. The van der Waals surface area contributed by atoms with Crippen molar-refractivity contribution >= 4 is 34.0 Å². The maximum absolute atomic E-state index is 6.31. The van der Waals surface area contributed by atoms with Gasteiger partial charge in [0.2, 0.25) is 0 Å². The summed E-state index contributed by atoms with van der Waals surface area (Å²) in [6.07, 6.45) is 0. The summed E-state index contributed by atoms with van der Waals surface area (Å²) in [7, 11) is 0. The van der Waals surface area contributed by atoms with Crippen LogP contribution in [-0.2, 0) is 0 Å².